The number of hydrogen-bond donors (Lipinski definition) is 2. The number of nitrogens with zero attached hydrogens (tertiary/aromatic N) is 2. The fraction of sp³-hybridized carbons (Fsp3) is 0.278. The van der Waals surface area contributed by atoms with E-state index in [1.807, 2.05) is 12.1 Å². The molecule has 0 radical (unpaired) electrons. The predicted octanol–water partition coefficient (Wildman–Crippen LogP) is 2.21. The van der Waals surface area contributed by atoms with Gasteiger partial charge in [0.05, 0.1) is 36.5 Å². The van der Waals surface area contributed by atoms with Crippen LogP contribution < -0.4 is 15.5 Å². The number of rotatable bonds is 3. The topological polar surface area (TPSA) is 83.6 Å². The Hall–Kier alpha value is -2.58. The zero-order chi connectivity index (χ0) is 17.9. The Morgan fingerprint density at radius 2 is 2.08 bits per heavy atom. The first-order chi connectivity index (χ1) is 12.7. The molecule has 0 spiro atoms. The first-order valence-electron chi connectivity index (χ1n) is 8.36. The number of anilines is 3. The van der Waals surface area contributed by atoms with Crippen LogP contribution in [0.25, 0.3) is 0 Å². The van der Waals surface area contributed by atoms with Gasteiger partial charge in [-0.2, -0.15) is 0 Å². The van der Waals surface area contributed by atoms with Crippen LogP contribution in [-0.4, -0.2) is 48.9 Å². The maximum Gasteiger partial charge on any atom is 0.256 e. The molecule has 4 rings (SSSR count). The van der Waals surface area contributed by atoms with Crippen molar-refractivity contribution in [2.45, 2.75) is 4.90 Å². The number of pyridine rings is 1. The van der Waals surface area contributed by atoms with Crippen LogP contribution in [0.1, 0.15) is 10.4 Å². The molecule has 0 unspecified atom stereocenters. The third kappa shape index (κ3) is 3.66. The van der Waals surface area contributed by atoms with Gasteiger partial charge in [-0.1, -0.05) is 0 Å². The summed E-state index contributed by atoms with van der Waals surface area (Å²) < 4.78 is 5.35. The Kier molecular flexibility index (Phi) is 4.77. The second-order valence-corrected chi connectivity index (χ2v) is 7.02. The van der Waals surface area contributed by atoms with E-state index >= 15 is 0 Å². The number of amides is 2. The van der Waals surface area contributed by atoms with Crippen molar-refractivity contribution in [1.29, 1.82) is 0 Å². The lowest BCUT2D eigenvalue weighted by atomic mass is 10.2. The van der Waals surface area contributed by atoms with Crippen molar-refractivity contribution in [2.75, 3.05) is 47.6 Å². The van der Waals surface area contributed by atoms with E-state index in [-0.39, 0.29) is 11.8 Å². The largest absolute Gasteiger partial charge is 0.378 e. The van der Waals surface area contributed by atoms with Crippen LogP contribution in [0.5, 0.6) is 0 Å². The number of benzene rings is 1. The molecule has 1 aromatic carbocycles. The molecule has 3 heterocycles. The van der Waals surface area contributed by atoms with Crippen LogP contribution in [0.2, 0.25) is 0 Å². The summed E-state index contributed by atoms with van der Waals surface area (Å²) in [5.41, 5.74) is 2.17. The second kappa shape index (κ2) is 7.35. The summed E-state index contributed by atoms with van der Waals surface area (Å²) in [6.07, 6.45) is 1.75. The summed E-state index contributed by atoms with van der Waals surface area (Å²) in [6.45, 7) is 3.11. The van der Waals surface area contributed by atoms with Gasteiger partial charge in [0.1, 0.15) is 5.82 Å². The minimum absolute atomic E-state index is 0.0552. The van der Waals surface area contributed by atoms with Crippen molar-refractivity contribution in [1.82, 2.24) is 4.98 Å². The number of fused-ring (bicyclic) bond motifs is 1. The third-order valence-electron chi connectivity index (χ3n) is 4.24. The smallest absolute Gasteiger partial charge is 0.256 e. The molecule has 134 valence electrons. The Bertz CT molecular complexity index is 835. The summed E-state index contributed by atoms with van der Waals surface area (Å²) in [4.78, 5) is 31.5. The van der Waals surface area contributed by atoms with Gasteiger partial charge in [-0.15, -0.1) is 11.8 Å². The fourth-order valence-corrected chi connectivity index (χ4v) is 3.67. The Balaban J connectivity index is 1.44. The standard InChI is InChI=1S/C18H18N4O3S/c23-17-11-26-15-3-1-12(9-14(15)20-17)18(24)21-16-4-2-13(10-19-16)22-5-7-25-8-6-22/h1-4,9-10H,5-8,11H2,(H,20,23)(H,19,21,24). The highest BCUT2D eigenvalue weighted by Gasteiger charge is 2.18. The van der Waals surface area contributed by atoms with Gasteiger partial charge in [-0.05, 0) is 30.3 Å². The number of carbonyl (C=O) groups excluding carboxylic acids is 2. The summed E-state index contributed by atoms with van der Waals surface area (Å²) >= 11 is 1.47. The molecule has 1 fully saturated rings. The molecule has 2 amide bonds. The molecular weight excluding hydrogens is 352 g/mol. The van der Waals surface area contributed by atoms with Crippen molar-refractivity contribution >= 4 is 40.8 Å². The molecule has 0 bridgehead atoms. The maximum absolute atomic E-state index is 12.5. The van der Waals surface area contributed by atoms with E-state index in [2.05, 4.69) is 20.5 Å². The van der Waals surface area contributed by atoms with E-state index in [1.165, 1.54) is 11.8 Å². The van der Waals surface area contributed by atoms with Gasteiger partial charge in [-0.3, -0.25) is 9.59 Å². The predicted molar refractivity (Wildman–Crippen MR) is 101 cm³/mol. The number of ether oxygens (including phenoxy) is 1. The lowest BCUT2D eigenvalue weighted by Gasteiger charge is -2.28. The summed E-state index contributed by atoms with van der Waals surface area (Å²) in [6, 6.07) is 9.03. The molecule has 7 nitrogen and oxygen atoms in total. The van der Waals surface area contributed by atoms with Gasteiger partial charge in [0.25, 0.3) is 5.91 Å². The highest BCUT2D eigenvalue weighted by Crippen LogP contribution is 2.32. The average Bonchev–Trinajstić information content (AvgIpc) is 2.68. The van der Waals surface area contributed by atoms with Crippen molar-refractivity contribution in [2.24, 2.45) is 0 Å². The molecular formula is C18H18N4O3S. The monoisotopic (exact) mass is 370 g/mol. The maximum atomic E-state index is 12.5. The van der Waals surface area contributed by atoms with E-state index in [9.17, 15) is 9.59 Å². The number of nitrogens with one attached hydrogen (secondary N) is 2. The van der Waals surface area contributed by atoms with Crippen LogP contribution >= 0.6 is 11.8 Å². The summed E-state index contributed by atoms with van der Waals surface area (Å²) in [7, 11) is 0. The fourth-order valence-electron chi connectivity index (χ4n) is 2.88. The molecule has 26 heavy (non-hydrogen) atoms. The van der Waals surface area contributed by atoms with E-state index in [1.54, 1.807) is 24.4 Å². The molecule has 8 heteroatoms. The second-order valence-electron chi connectivity index (χ2n) is 6.00. The van der Waals surface area contributed by atoms with Gasteiger partial charge in [0.15, 0.2) is 0 Å². The van der Waals surface area contributed by atoms with Crippen molar-refractivity contribution in [3.05, 3.63) is 42.1 Å². The van der Waals surface area contributed by atoms with Crippen LogP contribution in [0.3, 0.4) is 0 Å². The molecule has 2 aromatic rings. The molecule has 0 aliphatic carbocycles. The van der Waals surface area contributed by atoms with E-state index in [0.717, 1.165) is 23.7 Å². The summed E-state index contributed by atoms with van der Waals surface area (Å²) in [5.74, 6) is 0.575. The molecule has 0 atom stereocenters. The van der Waals surface area contributed by atoms with Gasteiger partial charge in [0, 0.05) is 23.5 Å². The Morgan fingerprint density at radius 1 is 1.23 bits per heavy atom. The van der Waals surface area contributed by atoms with Crippen molar-refractivity contribution in [3.8, 4) is 0 Å². The average molecular weight is 370 g/mol. The van der Waals surface area contributed by atoms with Crippen LogP contribution in [0.4, 0.5) is 17.2 Å². The lowest BCUT2D eigenvalue weighted by Crippen LogP contribution is -2.36. The quantitative estimate of drug-likeness (QED) is 0.862. The Morgan fingerprint density at radius 3 is 2.85 bits per heavy atom. The van der Waals surface area contributed by atoms with E-state index < -0.39 is 0 Å². The van der Waals surface area contributed by atoms with E-state index in [4.69, 9.17) is 4.74 Å². The summed E-state index contributed by atoms with van der Waals surface area (Å²) in [5, 5.41) is 5.59. The van der Waals surface area contributed by atoms with Crippen molar-refractivity contribution < 1.29 is 14.3 Å². The molecule has 1 aromatic heterocycles. The number of thioether (sulfide) groups is 1. The first kappa shape index (κ1) is 16.9. The number of aromatic nitrogens is 1. The van der Waals surface area contributed by atoms with Gasteiger partial charge in [-0.25, -0.2) is 4.98 Å². The van der Waals surface area contributed by atoms with Crippen molar-refractivity contribution in [3.63, 3.8) is 0 Å². The normalized spacial score (nSPS) is 16.6. The minimum Gasteiger partial charge on any atom is -0.378 e. The van der Waals surface area contributed by atoms with Crippen LogP contribution in [0.15, 0.2) is 41.4 Å². The number of hydrogen-bond acceptors (Lipinski definition) is 6. The molecule has 2 aliphatic heterocycles. The molecule has 1 saturated heterocycles. The van der Waals surface area contributed by atoms with Crippen LogP contribution in [-0.2, 0) is 9.53 Å². The Labute approximate surface area is 155 Å². The van der Waals surface area contributed by atoms with Gasteiger partial charge < -0.3 is 20.3 Å². The zero-order valence-corrected chi connectivity index (χ0v) is 14.8. The van der Waals surface area contributed by atoms with Gasteiger partial charge in [0.2, 0.25) is 5.91 Å². The third-order valence-corrected chi connectivity index (χ3v) is 5.31. The number of morpholine rings is 1. The lowest BCUT2D eigenvalue weighted by molar-refractivity contribution is -0.113. The van der Waals surface area contributed by atoms with E-state index in [0.29, 0.717) is 36.0 Å². The molecule has 2 aliphatic rings. The van der Waals surface area contributed by atoms with Gasteiger partial charge >= 0.3 is 0 Å². The first-order valence-corrected chi connectivity index (χ1v) is 9.34. The molecule has 2 N–H and O–H groups in total. The van der Waals surface area contributed by atoms with Crippen LogP contribution in [0, 0.1) is 0 Å². The highest BCUT2D eigenvalue weighted by atomic mass is 32.2. The number of carbonyl (C=O) groups is 2. The zero-order valence-electron chi connectivity index (χ0n) is 14.0. The highest BCUT2D eigenvalue weighted by molar-refractivity contribution is 8.00. The minimum atomic E-state index is -0.260. The SMILES string of the molecule is O=C1CSc2ccc(C(=O)Nc3ccc(N4CCOCC4)cn3)cc2N1. The molecule has 0 saturated carbocycles.